The third kappa shape index (κ3) is 4.87. The standard InChI is InChI=1S/C15H28FN3O/c1-4-14(5-2)19-10-7-13(18-19)11-15(16,12-20-3)8-6-9-17/h7,10,14H,4-6,8-9,11-12,17H2,1-3H3. The molecule has 0 fully saturated rings. The molecule has 1 rings (SSSR count). The summed E-state index contributed by atoms with van der Waals surface area (Å²) >= 11 is 0. The summed E-state index contributed by atoms with van der Waals surface area (Å²) in [5, 5.41) is 4.52. The normalized spacial score (nSPS) is 14.7. The molecule has 0 aliphatic carbocycles. The van der Waals surface area contributed by atoms with Crippen LogP contribution in [0.3, 0.4) is 0 Å². The van der Waals surface area contributed by atoms with E-state index < -0.39 is 5.67 Å². The van der Waals surface area contributed by atoms with Gasteiger partial charge in [-0.15, -0.1) is 0 Å². The SMILES string of the molecule is CCC(CC)n1ccc(CC(F)(CCCN)COC)n1. The maximum absolute atomic E-state index is 14.8. The molecule has 0 amide bonds. The number of halogens is 1. The summed E-state index contributed by atoms with van der Waals surface area (Å²) in [5.74, 6) is 0. The van der Waals surface area contributed by atoms with Crippen LogP contribution < -0.4 is 5.73 Å². The van der Waals surface area contributed by atoms with E-state index in [1.807, 2.05) is 16.9 Å². The molecular formula is C15H28FN3O. The van der Waals surface area contributed by atoms with Crippen molar-refractivity contribution >= 4 is 0 Å². The van der Waals surface area contributed by atoms with Crippen molar-refractivity contribution in [1.29, 1.82) is 0 Å². The number of hydrogen-bond donors (Lipinski definition) is 1. The number of aromatic nitrogens is 2. The predicted octanol–water partition coefficient (Wildman–Crippen LogP) is 2.88. The second-order valence-electron chi connectivity index (χ2n) is 5.41. The van der Waals surface area contributed by atoms with E-state index in [0.717, 1.165) is 18.5 Å². The van der Waals surface area contributed by atoms with Crippen LogP contribution in [0.4, 0.5) is 4.39 Å². The Hall–Kier alpha value is -0.940. The Kier molecular flexibility index (Phi) is 7.16. The minimum absolute atomic E-state index is 0.0881. The summed E-state index contributed by atoms with van der Waals surface area (Å²) in [7, 11) is 1.53. The van der Waals surface area contributed by atoms with E-state index in [9.17, 15) is 4.39 Å². The van der Waals surface area contributed by atoms with Crippen LogP contribution in [-0.4, -0.2) is 35.7 Å². The van der Waals surface area contributed by atoms with E-state index in [4.69, 9.17) is 10.5 Å². The van der Waals surface area contributed by atoms with Gasteiger partial charge in [-0.2, -0.15) is 5.10 Å². The van der Waals surface area contributed by atoms with Gasteiger partial charge in [-0.25, -0.2) is 4.39 Å². The lowest BCUT2D eigenvalue weighted by Crippen LogP contribution is -2.32. The highest BCUT2D eigenvalue weighted by atomic mass is 19.1. The lowest BCUT2D eigenvalue weighted by Gasteiger charge is -2.23. The van der Waals surface area contributed by atoms with Gasteiger partial charge in [0, 0.05) is 19.7 Å². The molecule has 1 aromatic heterocycles. The van der Waals surface area contributed by atoms with Crippen LogP contribution in [0.2, 0.25) is 0 Å². The van der Waals surface area contributed by atoms with Crippen LogP contribution in [0.25, 0.3) is 0 Å². The van der Waals surface area contributed by atoms with Gasteiger partial charge in [0.1, 0.15) is 5.67 Å². The average molecular weight is 285 g/mol. The summed E-state index contributed by atoms with van der Waals surface area (Å²) in [4.78, 5) is 0. The van der Waals surface area contributed by atoms with Crippen LogP contribution in [0, 0.1) is 0 Å². The number of alkyl halides is 1. The number of rotatable bonds is 10. The molecule has 1 atom stereocenters. The number of ether oxygens (including phenoxy) is 1. The fourth-order valence-corrected chi connectivity index (χ4v) is 2.55. The molecule has 0 bridgehead atoms. The third-order valence-corrected chi connectivity index (χ3v) is 3.71. The highest BCUT2D eigenvalue weighted by Gasteiger charge is 2.30. The molecular weight excluding hydrogens is 257 g/mol. The van der Waals surface area contributed by atoms with Crippen molar-refractivity contribution < 1.29 is 9.13 Å². The zero-order valence-corrected chi connectivity index (χ0v) is 12.9. The van der Waals surface area contributed by atoms with Gasteiger partial charge in [0.25, 0.3) is 0 Å². The van der Waals surface area contributed by atoms with Crippen molar-refractivity contribution in [3.8, 4) is 0 Å². The fraction of sp³-hybridized carbons (Fsp3) is 0.800. The summed E-state index contributed by atoms with van der Waals surface area (Å²) in [6.07, 6.45) is 5.37. The summed E-state index contributed by atoms with van der Waals surface area (Å²) in [6, 6.07) is 2.30. The molecule has 0 spiro atoms. The highest BCUT2D eigenvalue weighted by molar-refractivity contribution is 5.05. The summed E-state index contributed by atoms with van der Waals surface area (Å²) in [6.45, 7) is 4.87. The van der Waals surface area contributed by atoms with E-state index in [2.05, 4.69) is 18.9 Å². The van der Waals surface area contributed by atoms with Crippen molar-refractivity contribution in [2.45, 2.75) is 57.7 Å². The molecule has 0 aromatic carbocycles. The van der Waals surface area contributed by atoms with E-state index in [0.29, 0.717) is 25.4 Å². The first-order valence-electron chi connectivity index (χ1n) is 7.50. The summed E-state index contributed by atoms with van der Waals surface area (Å²) in [5.41, 5.74) is 4.89. The maximum atomic E-state index is 14.8. The van der Waals surface area contributed by atoms with Crippen LogP contribution in [0.15, 0.2) is 12.3 Å². The van der Waals surface area contributed by atoms with E-state index in [1.54, 1.807) is 0 Å². The Morgan fingerprint density at radius 3 is 2.70 bits per heavy atom. The van der Waals surface area contributed by atoms with Gasteiger partial charge in [-0.1, -0.05) is 13.8 Å². The van der Waals surface area contributed by atoms with Gasteiger partial charge < -0.3 is 10.5 Å². The second-order valence-corrected chi connectivity index (χ2v) is 5.41. The zero-order chi connectivity index (χ0) is 15.0. The first-order valence-corrected chi connectivity index (χ1v) is 7.50. The van der Waals surface area contributed by atoms with Gasteiger partial charge in [0.15, 0.2) is 0 Å². The molecule has 1 unspecified atom stereocenters. The first kappa shape index (κ1) is 17.1. The Labute approximate surface area is 121 Å². The van der Waals surface area contributed by atoms with Crippen LogP contribution in [0.1, 0.15) is 51.3 Å². The van der Waals surface area contributed by atoms with Gasteiger partial charge in [-0.05, 0) is 38.3 Å². The van der Waals surface area contributed by atoms with Gasteiger partial charge in [0.05, 0.1) is 18.3 Å². The van der Waals surface area contributed by atoms with Crippen LogP contribution in [0.5, 0.6) is 0 Å². The number of hydrogen-bond acceptors (Lipinski definition) is 3. The lowest BCUT2D eigenvalue weighted by molar-refractivity contribution is 0.0326. The summed E-state index contributed by atoms with van der Waals surface area (Å²) < 4.78 is 21.8. The molecule has 1 aromatic rings. The number of nitrogens with zero attached hydrogens (tertiary/aromatic N) is 2. The molecule has 1 heterocycles. The third-order valence-electron chi connectivity index (χ3n) is 3.71. The topological polar surface area (TPSA) is 53.1 Å². The molecule has 0 radical (unpaired) electrons. The molecule has 116 valence electrons. The minimum Gasteiger partial charge on any atom is -0.381 e. The first-order chi connectivity index (χ1) is 9.58. The Morgan fingerprint density at radius 1 is 1.45 bits per heavy atom. The Morgan fingerprint density at radius 2 is 2.15 bits per heavy atom. The minimum atomic E-state index is -1.37. The van der Waals surface area contributed by atoms with Gasteiger partial charge in [0.2, 0.25) is 0 Å². The molecule has 0 aliphatic rings. The smallest absolute Gasteiger partial charge is 0.139 e. The van der Waals surface area contributed by atoms with Crippen molar-refractivity contribution in [2.75, 3.05) is 20.3 Å². The lowest BCUT2D eigenvalue weighted by atomic mass is 9.95. The van der Waals surface area contributed by atoms with Crippen molar-refractivity contribution in [3.05, 3.63) is 18.0 Å². The van der Waals surface area contributed by atoms with Crippen molar-refractivity contribution in [2.24, 2.45) is 5.73 Å². The monoisotopic (exact) mass is 285 g/mol. The van der Waals surface area contributed by atoms with Gasteiger partial charge in [-0.3, -0.25) is 4.68 Å². The average Bonchev–Trinajstić information content (AvgIpc) is 2.86. The van der Waals surface area contributed by atoms with Crippen LogP contribution in [-0.2, 0) is 11.2 Å². The predicted molar refractivity (Wildman–Crippen MR) is 79.6 cm³/mol. The van der Waals surface area contributed by atoms with E-state index in [1.165, 1.54) is 7.11 Å². The molecule has 0 saturated carbocycles. The quantitative estimate of drug-likeness (QED) is 0.719. The van der Waals surface area contributed by atoms with E-state index in [-0.39, 0.29) is 13.0 Å². The van der Waals surface area contributed by atoms with Crippen molar-refractivity contribution in [1.82, 2.24) is 9.78 Å². The molecule has 20 heavy (non-hydrogen) atoms. The molecule has 5 heteroatoms. The molecule has 2 N–H and O–H groups in total. The Balaban J connectivity index is 2.73. The van der Waals surface area contributed by atoms with Gasteiger partial charge >= 0.3 is 0 Å². The number of nitrogens with two attached hydrogens (primary N) is 1. The second kappa shape index (κ2) is 8.37. The zero-order valence-electron chi connectivity index (χ0n) is 12.9. The number of methoxy groups -OCH3 is 1. The molecule has 0 aliphatic heterocycles. The van der Waals surface area contributed by atoms with E-state index >= 15 is 0 Å². The molecule has 0 saturated heterocycles. The van der Waals surface area contributed by atoms with Crippen LogP contribution >= 0.6 is 0 Å². The van der Waals surface area contributed by atoms with Crippen molar-refractivity contribution in [3.63, 3.8) is 0 Å². The fourth-order valence-electron chi connectivity index (χ4n) is 2.55. The molecule has 4 nitrogen and oxygen atoms in total. The maximum Gasteiger partial charge on any atom is 0.139 e. The largest absolute Gasteiger partial charge is 0.381 e. The highest BCUT2D eigenvalue weighted by Crippen LogP contribution is 2.24. The Bertz CT molecular complexity index is 379.